The predicted octanol–water partition coefficient (Wildman–Crippen LogP) is 1.21. The summed E-state index contributed by atoms with van der Waals surface area (Å²) in [4.78, 5) is 11.3. The molecule has 4 nitrogen and oxygen atoms in total. The lowest BCUT2D eigenvalue weighted by Gasteiger charge is -2.02. The molecule has 0 amide bonds. The SMILES string of the molecule is N/C(CC(=O)Cc1cccc(F)c1F)=N\O. The van der Waals surface area contributed by atoms with E-state index in [0.717, 1.165) is 6.07 Å². The van der Waals surface area contributed by atoms with Crippen molar-refractivity contribution in [1.82, 2.24) is 0 Å². The van der Waals surface area contributed by atoms with Crippen LogP contribution in [-0.4, -0.2) is 16.8 Å². The molecule has 0 aliphatic heterocycles. The Labute approximate surface area is 90.4 Å². The third-order valence-corrected chi connectivity index (χ3v) is 1.93. The zero-order valence-corrected chi connectivity index (χ0v) is 8.28. The van der Waals surface area contributed by atoms with E-state index in [-0.39, 0.29) is 24.2 Å². The largest absolute Gasteiger partial charge is 0.409 e. The second-order valence-corrected chi connectivity index (χ2v) is 3.20. The van der Waals surface area contributed by atoms with Gasteiger partial charge in [-0.25, -0.2) is 8.78 Å². The van der Waals surface area contributed by atoms with Crippen molar-refractivity contribution in [2.24, 2.45) is 10.9 Å². The van der Waals surface area contributed by atoms with Crippen molar-refractivity contribution < 1.29 is 18.8 Å². The molecule has 1 rings (SSSR count). The van der Waals surface area contributed by atoms with Gasteiger partial charge in [-0.15, -0.1) is 0 Å². The maximum Gasteiger partial charge on any atom is 0.162 e. The quantitative estimate of drug-likeness (QED) is 0.352. The van der Waals surface area contributed by atoms with Crippen LogP contribution in [0.3, 0.4) is 0 Å². The molecule has 0 saturated carbocycles. The van der Waals surface area contributed by atoms with Crippen LogP contribution >= 0.6 is 0 Å². The van der Waals surface area contributed by atoms with Crippen LogP contribution in [0.4, 0.5) is 8.78 Å². The Morgan fingerprint density at radius 3 is 2.75 bits per heavy atom. The van der Waals surface area contributed by atoms with Crippen LogP contribution in [0.1, 0.15) is 12.0 Å². The number of hydrogen-bond donors (Lipinski definition) is 2. The number of halogens is 2. The van der Waals surface area contributed by atoms with Crippen LogP contribution in [0.15, 0.2) is 23.4 Å². The number of carbonyl (C=O) groups excluding carboxylic acids is 1. The molecular weight excluding hydrogens is 218 g/mol. The van der Waals surface area contributed by atoms with Gasteiger partial charge in [-0.3, -0.25) is 4.79 Å². The van der Waals surface area contributed by atoms with Gasteiger partial charge >= 0.3 is 0 Å². The molecule has 1 aromatic rings. The molecule has 0 unspecified atom stereocenters. The number of ketones is 1. The van der Waals surface area contributed by atoms with Crippen molar-refractivity contribution in [3.63, 3.8) is 0 Å². The van der Waals surface area contributed by atoms with Gasteiger partial charge in [-0.05, 0) is 11.6 Å². The molecule has 0 spiro atoms. The van der Waals surface area contributed by atoms with Gasteiger partial charge in [0.25, 0.3) is 0 Å². The second kappa shape index (κ2) is 5.20. The minimum Gasteiger partial charge on any atom is -0.409 e. The highest BCUT2D eigenvalue weighted by molar-refractivity contribution is 6.00. The molecule has 0 aliphatic carbocycles. The first-order chi connectivity index (χ1) is 7.54. The van der Waals surface area contributed by atoms with Crippen molar-refractivity contribution in [2.75, 3.05) is 0 Å². The van der Waals surface area contributed by atoms with Crippen molar-refractivity contribution in [2.45, 2.75) is 12.8 Å². The lowest BCUT2D eigenvalue weighted by molar-refractivity contribution is -0.117. The summed E-state index contributed by atoms with van der Waals surface area (Å²) < 4.78 is 25.9. The van der Waals surface area contributed by atoms with Gasteiger partial charge in [0.2, 0.25) is 0 Å². The number of rotatable bonds is 4. The molecule has 0 atom stereocenters. The molecule has 0 fully saturated rings. The second-order valence-electron chi connectivity index (χ2n) is 3.20. The van der Waals surface area contributed by atoms with Crippen LogP contribution in [0, 0.1) is 11.6 Å². The molecule has 0 radical (unpaired) electrons. The fourth-order valence-electron chi connectivity index (χ4n) is 1.20. The summed E-state index contributed by atoms with van der Waals surface area (Å²) in [5, 5.41) is 10.8. The van der Waals surface area contributed by atoms with Gasteiger partial charge in [0.05, 0.1) is 6.42 Å². The Bertz CT molecular complexity index is 433. The Kier molecular flexibility index (Phi) is 3.93. The summed E-state index contributed by atoms with van der Waals surface area (Å²) in [5.41, 5.74) is 5.06. The van der Waals surface area contributed by atoms with Gasteiger partial charge < -0.3 is 10.9 Å². The lowest BCUT2D eigenvalue weighted by Crippen LogP contribution is -2.18. The first-order valence-corrected chi connectivity index (χ1v) is 4.45. The standard InChI is InChI=1S/C10H10F2N2O2/c11-8-3-1-2-6(10(8)12)4-7(15)5-9(13)14-16/h1-3,16H,4-5H2,(H2,13,14). The van der Waals surface area contributed by atoms with E-state index in [2.05, 4.69) is 5.16 Å². The molecule has 0 heterocycles. The van der Waals surface area contributed by atoms with E-state index >= 15 is 0 Å². The molecule has 1 aromatic carbocycles. The van der Waals surface area contributed by atoms with Crippen LogP contribution in [-0.2, 0) is 11.2 Å². The van der Waals surface area contributed by atoms with E-state index in [9.17, 15) is 13.6 Å². The fraction of sp³-hybridized carbons (Fsp3) is 0.200. The zero-order valence-electron chi connectivity index (χ0n) is 8.28. The molecule has 16 heavy (non-hydrogen) atoms. The number of hydrogen-bond acceptors (Lipinski definition) is 3. The number of nitrogens with zero attached hydrogens (tertiary/aromatic N) is 1. The molecule has 6 heteroatoms. The van der Waals surface area contributed by atoms with E-state index in [1.807, 2.05) is 0 Å². The third-order valence-electron chi connectivity index (χ3n) is 1.93. The molecular formula is C10H10F2N2O2. The maximum atomic E-state index is 13.1. The summed E-state index contributed by atoms with van der Waals surface area (Å²) in [6, 6.07) is 3.58. The molecule has 0 aliphatic rings. The molecule has 0 saturated heterocycles. The molecule has 0 aromatic heterocycles. The van der Waals surface area contributed by atoms with Crippen LogP contribution in [0.2, 0.25) is 0 Å². The van der Waals surface area contributed by atoms with Crippen LogP contribution in [0.5, 0.6) is 0 Å². The highest BCUT2D eigenvalue weighted by Gasteiger charge is 2.12. The van der Waals surface area contributed by atoms with E-state index in [4.69, 9.17) is 10.9 Å². The lowest BCUT2D eigenvalue weighted by atomic mass is 10.1. The molecule has 86 valence electrons. The van der Waals surface area contributed by atoms with E-state index in [0.29, 0.717) is 0 Å². The van der Waals surface area contributed by atoms with Gasteiger partial charge in [0.1, 0.15) is 11.6 Å². The van der Waals surface area contributed by atoms with Crippen molar-refractivity contribution in [3.05, 3.63) is 35.4 Å². The highest BCUT2D eigenvalue weighted by Crippen LogP contribution is 2.12. The van der Waals surface area contributed by atoms with Crippen LogP contribution in [0.25, 0.3) is 0 Å². The topological polar surface area (TPSA) is 75.7 Å². The summed E-state index contributed by atoms with van der Waals surface area (Å²) in [5.74, 6) is -2.77. The number of Topliss-reactive ketones (excluding diaryl/α,β-unsaturated/α-hetero) is 1. The van der Waals surface area contributed by atoms with E-state index in [1.54, 1.807) is 0 Å². The summed E-state index contributed by atoms with van der Waals surface area (Å²) in [6.45, 7) is 0. The Morgan fingerprint density at radius 1 is 1.44 bits per heavy atom. The number of benzene rings is 1. The molecule has 0 bridgehead atoms. The van der Waals surface area contributed by atoms with Crippen molar-refractivity contribution >= 4 is 11.6 Å². The van der Waals surface area contributed by atoms with Gasteiger partial charge in [0.15, 0.2) is 11.6 Å². The Balaban J connectivity index is 2.74. The smallest absolute Gasteiger partial charge is 0.162 e. The number of nitrogens with two attached hydrogens (primary N) is 1. The Morgan fingerprint density at radius 2 is 2.12 bits per heavy atom. The van der Waals surface area contributed by atoms with E-state index in [1.165, 1.54) is 12.1 Å². The average Bonchev–Trinajstić information content (AvgIpc) is 2.24. The fourth-order valence-corrected chi connectivity index (χ4v) is 1.20. The summed E-state index contributed by atoms with van der Waals surface area (Å²) in [6.07, 6.45) is -0.591. The Hall–Kier alpha value is -1.98. The number of carbonyl (C=O) groups is 1. The number of amidine groups is 1. The van der Waals surface area contributed by atoms with Gasteiger partial charge in [-0.2, -0.15) is 0 Å². The third kappa shape index (κ3) is 3.01. The normalized spacial score (nSPS) is 11.5. The zero-order chi connectivity index (χ0) is 12.1. The minimum atomic E-state index is -1.05. The summed E-state index contributed by atoms with van der Waals surface area (Å²) >= 11 is 0. The summed E-state index contributed by atoms with van der Waals surface area (Å²) in [7, 11) is 0. The first kappa shape index (κ1) is 12.1. The monoisotopic (exact) mass is 228 g/mol. The maximum absolute atomic E-state index is 13.1. The minimum absolute atomic E-state index is 0.0456. The van der Waals surface area contributed by atoms with Crippen LogP contribution < -0.4 is 5.73 Å². The van der Waals surface area contributed by atoms with E-state index < -0.39 is 17.4 Å². The van der Waals surface area contributed by atoms with Crippen molar-refractivity contribution in [3.8, 4) is 0 Å². The van der Waals surface area contributed by atoms with Gasteiger partial charge in [-0.1, -0.05) is 17.3 Å². The van der Waals surface area contributed by atoms with Crippen molar-refractivity contribution in [1.29, 1.82) is 0 Å². The number of oxime groups is 1. The molecule has 3 N–H and O–H groups in total. The highest BCUT2D eigenvalue weighted by atomic mass is 19.2. The van der Waals surface area contributed by atoms with Gasteiger partial charge in [0, 0.05) is 6.42 Å². The first-order valence-electron chi connectivity index (χ1n) is 4.45. The average molecular weight is 228 g/mol. The predicted molar refractivity (Wildman–Crippen MR) is 53.1 cm³/mol.